The summed E-state index contributed by atoms with van der Waals surface area (Å²) < 4.78 is 3.38. The van der Waals surface area contributed by atoms with Crippen molar-refractivity contribution < 1.29 is 9.90 Å². The Balaban J connectivity index is 0.00000112. The van der Waals surface area contributed by atoms with Crippen molar-refractivity contribution in [3.8, 4) is 0 Å². The summed E-state index contributed by atoms with van der Waals surface area (Å²) in [5.41, 5.74) is 1.25. The zero-order valence-electron chi connectivity index (χ0n) is 17.6. The number of aliphatic hydroxyl groups is 1. The van der Waals surface area contributed by atoms with Gasteiger partial charge >= 0.3 is 0 Å². The van der Waals surface area contributed by atoms with Crippen LogP contribution in [0, 0.1) is 0 Å². The largest absolute Gasteiger partial charge is 0.400 e. The van der Waals surface area contributed by atoms with Gasteiger partial charge in [0.2, 0.25) is 0 Å². The Kier molecular flexibility index (Phi) is 5.90. The number of anilines is 3. The van der Waals surface area contributed by atoms with Crippen LogP contribution in [0.5, 0.6) is 0 Å². The molecule has 3 aromatic rings. The van der Waals surface area contributed by atoms with E-state index in [1.807, 2.05) is 12.3 Å². The highest BCUT2D eigenvalue weighted by atomic mass is 16.2. The van der Waals surface area contributed by atoms with Gasteiger partial charge in [0.05, 0.1) is 6.20 Å². The summed E-state index contributed by atoms with van der Waals surface area (Å²) in [7, 11) is 2.77. The molecule has 10 nitrogen and oxygen atoms in total. The Bertz CT molecular complexity index is 1150. The lowest BCUT2D eigenvalue weighted by Crippen LogP contribution is -2.29. The lowest BCUT2D eigenvalue weighted by Gasteiger charge is -2.27. The summed E-state index contributed by atoms with van der Waals surface area (Å²) in [6.07, 6.45) is 8.61. The van der Waals surface area contributed by atoms with Gasteiger partial charge in [-0.2, -0.15) is 9.61 Å². The minimum Gasteiger partial charge on any atom is -0.400 e. The topological polar surface area (TPSA) is 126 Å². The van der Waals surface area contributed by atoms with Crippen LogP contribution in [-0.2, 0) is 0 Å². The van der Waals surface area contributed by atoms with E-state index in [2.05, 4.69) is 26.0 Å². The van der Waals surface area contributed by atoms with Gasteiger partial charge in [0.15, 0.2) is 5.65 Å². The van der Waals surface area contributed by atoms with Crippen molar-refractivity contribution in [3.63, 3.8) is 0 Å². The fourth-order valence-corrected chi connectivity index (χ4v) is 3.55. The highest BCUT2D eigenvalue weighted by molar-refractivity contribution is 6.00. The maximum Gasteiger partial charge on any atom is 0.274 e. The van der Waals surface area contributed by atoms with E-state index < -0.39 is 0 Å². The van der Waals surface area contributed by atoms with Crippen LogP contribution in [0.4, 0.5) is 17.3 Å². The molecule has 0 radical (unpaired) electrons. The second-order valence-electron chi connectivity index (χ2n) is 7.66. The van der Waals surface area contributed by atoms with Crippen molar-refractivity contribution in [1.82, 2.24) is 24.5 Å². The second-order valence-corrected chi connectivity index (χ2v) is 7.66. The zero-order valence-corrected chi connectivity index (χ0v) is 17.6. The molecule has 3 heterocycles. The molecule has 0 aliphatic heterocycles. The molecule has 2 aliphatic rings. The normalized spacial score (nSPS) is 15.6. The van der Waals surface area contributed by atoms with Crippen LogP contribution in [0.2, 0.25) is 0 Å². The summed E-state index contributed by atoms with van der Waals surface area (Å²) in [6, 6.07) is 5.91. The van der Waals surface area contributed by atoms with Gasteiger partial charge in [-0.15, -0.1) is 0 Å². The molecule has 2 saturated carbocycles. The van der Waals surface area contributed by atoms with Crippen molar-refractivity contribution in [2.24, 2.45) is 0 Å². The van der Waals surface area contributed by atoms with Crippen LogP contribution in [0.3, 0.4) is 0 Å². The van der Waals surface area contributed by atoms with E-state index in [0.717, 1.165) is 39.2 Å². The minimum absolute atomic E-state index is 0.0647. The predicted octanol–water partition coefficient (Wildman–Crippen LogP) is 1.90. The van der Waals surface area contributed by atoms with Crippen molar-refractivity contribution in [2.75, 3.05) is 24.8 Å². The van der Waals surface area contributed by atoms with Gasteiger partial charge < -0.3 is 25.6 Å². The Morgan fingerprint density at radius 2 is 2.00 bits per heavy atom. The number of amides is 1. The number of pyridine rings is 1. The number of nitrogens with zero attached hydrogens (tertiary/aromatic N) is 4. The number of fused-ring (bicyclic) bond motifs is 1. The number of carbonyl (C=O) groups is 1. The summed E-state index contributed by atoms with van der Waals surface area (Å²) in [5.74, 6) is 0.964. The van der Waals surface area contributed by atoms with Crippen LogP contribution < -0.4 is 21.5 Å². The van der Waals surface area contributed by atoms with Gasteiger partial charge in [-0.1, -0.05) is 0 Å². The predicted molar refractivity (Wildman–Crippen MR) is 118 cm³/mol. The molecular weight excluding hydrogens is 398 g/mol. The monoisotopic (exact) mass is 425 g/mol. The highest BCUT2D eigenvalue weighted by Crippen LogP contribution is 2.30. The van der Waals surface area contributed by atoms with E-state index in [9.17, 15) is 9.59 Å². The number of hydrogen-bond acceptors (Lipinski definition) is 7. The summed E-state index contributed by atoms with van der Waals surface area (Å²) in [6.45, 7) is 0. The first-order chi connectivity index (χ1) is 15.1. The average Bonchev–Trinajstić information content (AvgIpc) is 3.45. The number of aromatic nitrogens is 4. The van der Waals surface area contributed by atoms with E-state index in [1.165, 1.54) is 6.20 Å². The Morgan fingerprint density at radius 1 is 1.23 bits per heavy atom. The third kappa shape index (κ3) is 4.11. The standard InChI is InChI=1S/C20H23N7O2.CH4O/c1-21-17-10-16(24-15-6-3-9-26(20(15)29)13-4-2-5-13)25-18-14(11-22-27(17)18)19(28)23-12-7-8-12;1-2/h3,6,9-13,21H,2,4-5,7-8H2,1H3,(H,23,28)(H,24,25);2H,1H3. The molecule has 5 rings (SSSR count). The first kappa shape index (κ1) is 20.9. The number of rotatable bonds is 6. The van der Waals surface area contributed by atoms with Gasteiger partial charge in [-0.05, 0) is 44.2 Å². The Morgan fingerprint density at radius 3 is 2.65 bits per heavy atom. The quantitative estimate of drug-likeness (QED) is 0.475. The molecule has 0 atom stereocenters. The number of aliphatic hydroxyl groups excluding tert-OH is 1. The number of nitrogens with one attached hydrogen (secondary N) is 3. The number of carbonyl (C=O) groups excluding carboxylic acids is 1. The molecule has 0 aromatic carbocycles. The van der Waals surface area contributed by atoms with Crippen molar-refractivity contribution in [2.45, 2.75) is 44.2 Å². The molecule has 1 amide bonds. The minimum atomic E-state index is -0.179. The first-order valence-corrected chi connectivity index (χ1v) is 10.4. The second kappa shape index (κ2) is 8.76. The van der Waals surface area contributed by atoms with E-state index >= 15 is 0 Å². The lowest BCUT2D eigenvalue weighted by atomic mass is 9.93. The van der Waals surface area contributed by atoms with Crippen LogP contribution in [0.15, 0.2) is 35.4 Å². The summed E-state index contributed by atoms with van der Waals surface area (Å²) in [4.78, 5) is 30.0. The van der Waals surface area contributed by atoms with Crippen LogP contribution >= 0.6 is 0 Å². The fraction of sp³-hybridized carbons (Fsp3) is 0.429. The average molecular weight is 425 g/mol. The van der Waals surface area contributed by atoms with E-state index in [-0.39, 0.29) is 23.6 Å². The van der Waals surface area contributed by atoms with Gasteiger partial charge in [0.1, 0.15) is 22.9 Å². The molecule has 0 unspecified atom stereocenters. The third-order valence-electron chi connectivity index (χ3n) is 5.59. The van der Waals surface area contributed by atoms with Crippen LogP contribution in [0.25, 0.3) is 5.65 Å². The molecule has 2 fully saturated rings. The van der Waals surface area contributed by atoms with Gasteiger partial charge in [-0.25, -0.2) is 4.98 Å². The number of hydrogen-bond donors (Lipinski definition) is 4. The van der Waals surface area contributed by atoms with Gasteiger partial charge in [0.25, 0.3) is 11.5 Å². The highest BCUT2D eigenvalue weighted by Gasteiger charge is 2.26. The molecule has 0 spiro atoms. The molecule has 0 bridgehead atoms. The SMILES string of the molecule is CNc1cc(Nc2cccn(C3CCC3)c2=O)nc2c(C(=O)NC3CC3)cnn12.CO. The molecule has 31 heavy (non-hydrogen) atoms. The van der Waals surface area contributed by atoms with Crippen molar-refractivity contribution >= 4 is 28.9 Å². The molecule has 4 N–H and O–H groups in total. The van der Waals surface area contributed by atoms with Crippen molar-refractivity contribution in [1.29, 1.82) is 0 Å². The van der Waals surface area contributed by atoms with Crippen LogP contribution in [0.1, 0.15) is 48.5 Å². The summed E-state index contributed by atoms with van der Waals surface area (Å²) in [5, 5.41) is 20.5. The van der Waals surface area contributed by atoms with Gasteiger partial charge in [0, 0.05) is 38.5 Å². The smallest absolute Gasteiger partial charge is 0.274 e. The van der Waals surface area contributed by atoms with Crippen LogP contribution in [-0.4, -0.2) is 50.4 Å². The molecule has 3 aromatic heterocycles. The van der Waals surface area contributed by atoms with E-state index in [1.54, 1.807) is 28.3 Å². The van der Waals surface area contributed by atoms with Gasteiger partial charge in [-0.3, -0.25) is 9.59 Å². The van der Waals surface area contributed by atoms with E-state index in [0.29, 0.717) is 28.5 Å². The van der Waals surface area contributed by atoms with E-state index in [4.69, 9.17) is 5.11 Å². The molecular formula is C21H27N7O3. The summed E-state index contributed by atoms with van der Waals surface area (Å²) >= 11 is 0. The lowest BCUT2D eigenvalue weighted by molar-refractivity contribution is 0.0952. The molecule has 164 valence electrons. The van der Waals surface area contributed by atoms with Crippen molar-refractivity contribution in [3.05, 3.63) is 46.5 Å². The first-order valence-electron chi connectivity index (χ1n) is 10.4. The molecule has 0 saturated heterocycles. The molecule has 10 heteroatoms. The molecule has 2 aliphatic carbocycles. The Hall–Kier alpha value is -3.40. The maximum absolute atomic E-state index is 12.9. The maximum atomic E-state index is 12.9. The fourth-order valence-electron chi connectivity index (χ4n) is 3.55. The Labute approximate surface area is 179 Å². The zero-order chi connectivity index (χ0) is 22.0. The third-order valence-corrected chi connectivity index (χ3v) is 5.59.